The number of Topliss-reactive ketones (excluding diaryl/α,β-unsaturated/α-hetero) is 1. The first-order chi connectivity index (χ1) is 18.6. The molecule has 7 N–H and O–H groups in total. The van der Waals surface area contributed by atoms with Crippen LogP contribution in [0.1, 0.15) is 68.6 Å². The van der Waals surface area contributed by atoms with E-state index in [4.69, 9.17) is 4.74 Å². The number of hydrogen-bond donors (Lipinski definition) is 7. The largest absolute Gasteiger partial charge is 0.507 e. The van der Waals surface area contributed by atoms with Crippen molar-refractivity contribution < 1.29 is 50.1 Å². The summed E-state index contributed by atoms with van der Waals surface area (Å²) in [6.45, 7) is 5.96. The maximum atomic E-state index is 13.9. The van der Waals surface area contributed by atoms with E-state index in [1.165, 1.54) is 38.1 Å². The number of carbonyl (C=O) groups is 2. The van der Waals surface area contributed by atoms with Crippen LogP contribution >= 0.6 is 0 Å². The number of carbonyl (C=O) groups excluding carboxylic acids is 2. The summed E-state index contributed by atoms with van der Waals surface area (Å²) in [5, 5.41) is 77.8. The third kappa shape index (κ3) is 2.86. The average molecular weight is 547 g/mol. The van der Waals surface area contributed by atoms with Gasteiger partial charge in [0.25, 0.3) is 0 Å². The zero-order valence-corrected chi connectivity index (χ0v) is 21.9. The Hall–Kier alpha value is -4.70. The second-order valence-corrected chi connectivity index (χ2v) is 11.0. The van der Waals surface area contributed by atoms with Gasteiger partial charge in [0.2, 0.25) is 5.78 Å². The number of aromatic hydroxyl groups is 5. The van der Waals surface area contributed by atoms with E-state index in [9.17, 15) is 45.3 Å². The Morgan fingerprint density at radius 2 is 1.45 bits per heavy atom. The van der Waals surface area contributed by atoms with Crippen LogP contribution in [-0.2, 0) is 10.4 Å². The molecule has 0 spiro atoms. The molecule has 0 saturated heterocycles. The van der Waals surface area contributed by atoms with Crippen LogP contribution < -0.4 is 4.74 Å². The van der Waals surface area contributed by atoms with E-state index in [0.29, 0.717) is 11.1 Å². The Bertz CT molecular complexity index is 1740. The number of phenolic OH excluding ortho intramolecular Hbond substituents is 5. The number of fused-ring (bicyclic) bond motifs is 8. The fourth-order valence-electron chi connectivity index (χ4n) is 6.65. The van der Waals surface area contributed by atoms with Gasteiger partial charge in [-0.05, 0) is 69.5 Å². The average Bonchev–Trinajstić information content (AvgIpc) is 3.13. The van der Waals surface area contributed by atoms with Crippen molar-refractivity contribution in [1.29, 1.82) is 0 Å². The molecule has 1 saturated carbocycles. The van der Waals surface area contributed by atoms with Gasteiger partial charge in [-0.15, -0.1) is 0 Å². The number of aryl methyl sites for hydroxylation is 2. The molecule has 0 unspecified atom stereocenters. The van der Waals surface area contributed by atoms with E-state index in [1.807, 2.05) is 0 Å². The van der Waals surface area contributed by atoms with Gasteiger partial charge in [-0.2, -0.15) is 0 Å². The quantitative estimate of drug-likeness (QED) is 0.184. The van der Waals surface area contributed by atoms with E-state index in [-0.39, 0.29) is 45.7 Å². The lowest BCUT2D eigenvalue weighted by atomic mass is 9.66. The zero-order chi connectivity index (χ0) is 29.2. The maximum absolute atomic E-state index is 13.9. The summed E-state index contributed by atoms with van der Waals surface area (Å²) in [6.07, 6.45) is -0.346. The number of benzene rings is 3. The Balaban J connectivity index is 1.63. The summed E-state index contributed by atoms with van der Waals surface area (Å²) in [7, 11) is 0. The van der Waals surface area contributed by atoms with Gasteiger partial charge in [0, 0.05) is 16.7 Å². The van der Waals surface area contributed by atoms with Crippen LogP contribution in [0.3, 0.4) is 0 Å². The van der Waals surface area contributed by atoms with Gasteiger partial charge in [0.15, 0.2) is 11.4 Å². The predicted octanol–water partition coefficient (Wildman–Crippen LogP) is 3.75. The summed E-state index contributed by atoms with van der Waals surface area (Å²) in [5.41, 5.74) is -5.18. The minimum Gasteiger partial charge on any atom is -0.507 e. The Morgan fingerprint density at radius 1 is 0.875 bits per heavy atom. The van der Waals surface area contributed by atoms with Crippen LogP contribution in [0, 0.1) is 20.8 Å². The van der Waals surface area contributed by atoms with Gasteiger partial charge < -0.3 is 40.5 Å². The van der Waals surface area contributed by atoms with Crippen LogP contribution in [0.4, 0.5) is 0 Å². The number of phenols is 5. The molecule has 10 heteroatoms. The minimum absolute atomic E-state index is 0.00641. The smallest absolute Gasteiger partial charge is 0.204 e. The molecular weight excluding hydrogens is 520 g/mol. The molecule has 6 rings (SSSR count). The van der Waals surface area contributed by atoms with Gasteiger partial charge >= 0.3 is 0 Å². The molecule has 10 nitrogen and oxygen atoms in total. The maximum Gasteiger partial charge on any atom is 0.204 e. The topological polar surface area (TPSA) is 185 Å². The Kier molecular flexibility index (Phi) is 4.92. The summed E-state index contributed by atoms with van der Waals surface area (Å²) in [6, 6.07) is 5.40. The standard InChI is InChI=1S/C30H26O10/c1-10-5-14(31)20(15(32)6-10)27(37)18-12(3)24(34)22-19(26(18)36)13-9-30(22,39)29(4)23(25(13)35)28(38)21-16(33)7-11(2)8-17(21)40-29/h5-8,13,31-34,36,38-39H,9H2,1-4H3/t13-,29+,30-/m0/s1. The van der Waals surface area contributed by atoms with E-state index >= 15 is 0 Å². The molecule has 0 radical (unpaired) electrons. The summed E-state index contributed by atoms with van der Waals surface area (Å²) in [4.78, 5) is 27.5. The number of ketones is 2. The highest BCUT2D eigenvalue weighted by Gasteiger charge is 2.69. The monoisotopic (exact) mass is 546 g/mol. The molecular formula is C30H26O10. The lowest BCUT2D eigenvalue weighted by Gasteiger charge is -2.49. The van der Waals surface area contributed by atoms with Crippen molar-refractivity contribution in [3.63, 3.8) is 0 Å². The van der Waals surface area contributed by atoms with Gasteiger partial charge in [0.1, 0.15) is 57.0 Å². The molecule has 2 aliphatic carbocycles. The molecule has 0 aromatic heterocycles. The molecule has 3 atom stereocenters. The van der Waals surface area contributed by atoms with E-state index in [0.717, 1.165) is 0 Å². The first-order valence-corrected chi connectivity index (χ1v) is 12.5. The normalized spacial score (nSPS) is 24.3. The molecule has 40 heavy (non-hydrogen) atoms. The molecule has 3 aromatic rings. The minimum atomic E-state index is -2.16. The fraction of sp³-hybridized carbons (Fsp3) is 0.267. The van der Waals surface area contributed by atoms with Crippen molar-refractivity contribution >= 4 is 17.3 Å². The molecule has 0 amide bonds. The highest BCUT2D eigenvalue weighted by atomic mass is 16.5. The van der Waals surface area contributed by atoms with Crippen molar-refractivity contribution in [1.82, 2.24) is 0 Å². The van der Waals surface area contributed by atoms with Crippen molar-refractivity contribution in [2.75, 3.05) is 0 Å². The number of rotatable bonds is 2. The van der Waals surface area contributed by atoms with Crippen molar-refractivity contribution in [3.8, 4) is 34.5 Å². The number of aliphatic hydroxyl groups is 2. The van der Waals surface area contributed by atoms with E-state index < -0.39 is 68.6 Å². The number of ether oxygens (including phenoxy) is 1. The second-order valence-electron chi connectivity index (χ2n) is 11.0. The molecule has 1 heterocycles. The van der Waals surface area contributed by atoms with Crippen LogP contribution in [0.5, 0.6) is 34.5 Å². The zero-order valence-electron chi connectivity index (χ0n) is 21.9. The summed E-state index contributed by atoms with van der Waals surface area (Å²) in [5.74, 6) is -6.42. The van der Waals surface area contributed by atoms with Crippen LogP contribution in [-0.4, -0.2) is 52.9 Å². The van der Waals surface area contributed by atoms with E-state index in [1.54, 1.807) is 13.8 Å². The van der Waals surface area contributed by atoms with Gasteiger partial charge in [-0.1, -0.05) is 0 Å². The Labute approximate surface area is 227 Å². The highest BCUT2D eigenvalue weighted by molar-refractivity contribution is 6.17. The van der Waals surface area contributed by atoms with Gasteiger partial charge in [0.05, 0.1) is 17.1 Å². The SMILES string of the molecule is Cc1cc(O)c(C(=O)c2c(C)c(O)c3c(c2O)[C@@H]2C[C@@]3(O)[C@]3(C)Oc4cc(C)cc(O)c4C(O)=C3C2=O)c(O)c1. The fourth-order valence-corrected chi connectivity index (χ4v) is 6.65. The molecule has 1 aliphatic heterocycles. The third-order valence-electron chi connectivity index (χ3n) is 8.53. The first-order valence-electron chi connectivity index (χ1n) is 12.5. The number of aliphatic hydroxyl groups excluding tert-OH is 1. The van der Waals surface area contributed by atoms with Crippen molar-refractivity contribution in [2.24, 2.45) is 0 Å². The van der Waals surface area contributed by atoms with Gasteiger partial charge in [-0.3, -0.25) is 9.59 Å². The number of hydrogen-bond acceptors (Lipinski definition) is 10. The highest BCUT2D eigenvalue weighted by Crippen LogP contribution is 2.66. The van der Waals surface area contributed by atoms with Crippen LogP contribution in [0.15, 0.2) is 29.8 Å². The summed E-state index contributed by atoms with van der Waals surface area (Å²) >= 11 is 0. The van der Waals surface area contributed by atoms with Crippen molar-refractivity contribution in [3.05, 3.63) is 74.3 Å². The Morgan fingerprint density at radius 3 is 2.08 bits per heavy atom. The molecule has 2 bridgehead atoms. The predicted molar refractivity (Wildman–Crippen MR) is 140 cm³/mol. The second kappa shape index (κ2) is 7.70. The van der Waals surface area contributed by atoms with Crippen LogP contribution in [0.25, 0.3) is 5.76 Å². The first kappa shape index (κ1) is 25.6. The molecule has 1 fully saturated rings. The van der Waals surface area contributed by atoms with Crippen molar-refractivity contribution in [2.45, 2.75) is 51.2 Å². The third-order valence-corrected chi connectivity index (χ3v) is 8.53. The lowest BCUT2D eigenvalue weighted by molar-refractivity contribution is -0.146. The molecule has 206 valence electrons. The molecule has 3 aromatic carbocycles. The van der Waals surface area contributed by atoms with Gasteiger partial charge in [-0.25, -0.2) is 0 Å². The van der Waals surface area contributed by atoms with Crippen LogP contribution in [0.2, 0.25) is 0 Å². The van der Waals surface area contributed by atoms with E-state index in [2.05, 4.69) is 0 Å². The summed E-state index contributed by atoms with van der Waals surface area (Å²) < 4.78 is 6.17. The molecule has 3 aliphatic rings. The lowest BCUT2D eigenvalue weighted by Crippen LogP contribution is -2.59.